The van der Waals surface area contributed by atoms with Crippen LogP contribution >= 0.6 is 11.3 Å². The molecule has 0 spiro atoms. The van der Waals surface area contributed by atoms with E-state index >= 15 is 0 Å². The quantitative estimate of drug-likeness (QED) is 0.832. The highest BCUT2D eigenvalue weighted by Crippen LogP contribution is 2.24. The molecule has 0 bridgehead atoms. The molecule has 0 unspecified atom stereocenters. The van der Waals surface area contributed by atoms with Crippen molar-refractivity contribution < 1.29 is 8.42 Å². The summed E-state index contributed by atoms with van der Waals surface area (Å²) in [5.41, 5.74) is 7.32. The molecule has 108 valence electrons. The van der Waals surface area contributed by atoms with Crippen LogP contribution < -0.4 is 5.73 Å². The van der Waals surface area contributed by atoms with Gasteiger partial charge in [0.2, 0.25) is 0 Å². The van der Waals surface area contributed by atoms with Crippen LogP contribution in [0.2, 0.25) is 0 Å². The molecule has 0 aliphatic heterocycles. The maximum absolute atomic E-state index is 11.4. The fourth-order valence-electron chi connectivity index (χ4n) is 1.85. The third-order valence-electron chi connectivity index (χ3n) is 2.97. The Hall–Kier alpha value is -1.24. The van der Waals surface area contributed by atoms with E-state index in [4.69, 9.17) is 5.73 Å². The summed E-state index contributed by atoms with van der Waals surface area (Å²) in [6.45, 7) is 0.713. The van der Waals surface area contributed by atoms with Crippen LogP contribution in [0.3, 0.4) is 0 Å². The van der Waals surface area contributed by atoms with E-state index in [9.17, 15) is 8.42 Å². The normalized spacial score (nSPS) is 11.7. The zero-order valence-electron chi connectivity index (χ0n) is 11.4. The molecular formula is C14H18N2O2S2. The van der Waals surface area contributed by atoms with Gasteiger partial charge < -0.3 is 5.73 Å². The standard InChI is InChI=1S/C14H18N2O2S2/c1-20(17,18)12-7-5-11(6-8-12)13-10-19-14(16-13)4-2-3-9-15/h5-8,10H,2-4,9,15H2,1H3. The number of unbranched alkanes of at least 4 members (excludes halogenated alkanes) is 1. The van der Waals surface area contributed by atoms with Crippen LogP contribution in [0.1, 0.15) is 17.8 Å². The number of sulfone groups is 1. The molecule has 2 aromatic rings. The summed E-state index contributed by atoms with van der Waals surface area (Å²) in [6, 6.07) is 6.85. The minimum Gasteiger partial charge on any atom is -0.330 e. The van der Waals surface area contributed by atoms with Gasteiger partial charge in [-0.25, -0.2) is 13.4 Å². The second-order valence-electron chi connectivity index (χ2n) is 4.67. The third kappa shape index (κ3) is 3.88. The van der Waals surface area contributed by atoms with Gasteiger partial charge in [-0.3, -0.25) is 0 Å². The van der Waals surface area contributed by atoms with E-state index < -0.39 is 9.84 Å². The summed E-state index contributed by atoms with van der Waals surface area (Å²) in [4.78, 5) is 4.91. The van der Waals surface area contributed by atoms with Crippen LogP contribution in [0.25, 0.3) is 11.3 Å². The summed E-state index contributed by atoms with van der Waals surface area (Å²) in [7, 11) is -3.14. The molecule has 0 aliphatic rings. The zero-order chi connectivity index (χ0) is 14.6. The molecule has 6 heteroatoms. The molecule has 1 aromatic heterocycles. The Labute approximate surface area is 123 Å². The molecule has 2 N–H and O–H groups in total. The van der Waals surface area contributed by atoms with Crippen LogP contribution in [0.15, 0.2) is 34.5 Å². The molecule has 0 aliphatic carbocycles. The molecule has 0 saturated carbocycles. The number of benzene rings is 1. The Morgan fingerprint density at radius 1 is 1.20 bits per heavy atom. The first-order valence-corrected chi connectivity index (χ1v) is 9.23. The van der Waals surface area contributed by atoms with Crippen LogP contribution in [-0.4, -0.2) is 26.2 Å². The second-order valence-corrected chi connectivity index (χ2v) is 7.63. The van der Waals surface area contributed by atoms with Crippen LogP contribution in [0.5, 0.6) is 0 Å². The number of hydrogen-bond acceptors (Lipinski definition) is 5. The van der Waals surface area contributed by atoms with Crippen molar-refractivity contribution in [1.29, 1.82) is 0 Å². The molecule has 2 rings (SSSR count). The first-order valence-electron chi connectivity index (χ1n) is 6.45. The topological polar surface area (TPSA) is 73.0 Å². The van der Waals surface area contributed by atoms with Crippen molar-refractivity contribution >= 4 is 21.2 Å². The second kappa shape index (κ2) is 6.47. The summed E-state index contributed by atoms with van der Waals surface area (Å²) in [5, 5.41) is 3.10. The Morgan fingerprint density at radius 3 is 2.50 bits per heavy atom. The van der Waals surface area contributed by atoms with Gasteiger partial charge in [0.15, 0.2) is 9.84 Å². The highest BCUT2D eigenvalue weighted by molar-refractivity contribution is 7.90. The number of nitrogens with zero attached hydrogens (tertiary/aromatic N) is 1. The number of thiazole rings is 1. The van der Waals surface area contributed by atoms with Gasteiger partial charge in [0, 0.05) is 17.2 Å². The van der Waals surface area contributed by atoms with E-state index in [-0.39, 0.29) is 0 Å². The SMILES string of the molecule is CS(=O)(=O)c1ccc(-c2csc(CCCCN)n2)cc1. The van der Waals surface area contributed by atoms with Gasteiger partial charge in [-0.1, -0.05) is 12.1 Å². The van der Waals surface area contributed by atoms with Gasteiger partial charge in [0.05, 0.1) is 15.6 Å². The summed E-state index contributed by atoms with van der Waals surface area (Å²) >= 11 is 1.63. The van der Waals surface area contributed by atoms with Crippen LogP contribution in [0.4, 0.5) is 0 Å². The molecular weight excluding hydrogens is 292 g/mol. The van der Waals surface area contributed by atoms with E-state index in [1.807, 2.05) is 5.38 Å². The molecule has 0 radical (unpaired) electrons. The Bertz CT molecular complexity index is 661. The van der Waals surface area contributed by atoms with E-state index in [2.05, 4.69) is 4.98 Å². The summed E-state index contributed by atoms with van der Waals surface area (Å²) in [6.07, 6.45) is 4.22. The van der Waals surface area contributed by atoms with E-state index in [1.54, 1.807) is 35.6 Å². The van der Waals surface area contributed by atoms with Crippen molar-refractivity contribution in [2.75, 3.05) is 12.8 Å². The van der Waals surface area contributed by atoms with Crippen molar-refractivity contribution in [2.45, 2.75) is 24.2 Å². The van der Waals surface area contributed by atoms with Crippen molar-refractivity contribution in [3.05, 3.63) is 34.7 Å². The molecule has 0 atom stereocenters. The maximum atomic E-state index is 11.4. The van der Waals surface area contributed by atoms with E-state index in [0.29, 0.717) is 11.4 Å². The predicted molar refractivity (Wildman–Crippen MR) is 82.7 cm³/mol. The van der Waals surface area contributed by atoms with Gasteiger partial charge in [-0.15, -0.1) is 11.3 Å². The minimum atomic E-state index is -3.14. The van der Waals surface area contributed by atoms with Crippen LogP contribution in [-0.2, 0) is 16.3 Å². The average Bonchev–Trinajstić information content (AvgIpc) is 2.87. The van der Waals surface area contributed by atoms with Gasteiger partial charge in [0.25, 0.3) is 0 Å². The number of rotatable bonds is 6. The molecule has 20 heavy (non-hydrogen) atoms. The zero-order valence-corrected chi connectivity index (χ0v) is 13.0. The lowest BCUT2D eigenvalue weighted by Crippen LogP contribution is -1.98. The smallest absolute Gasteiger partial charge is 0.175 e. The monoisotopic (exact) mass is 310 g/mol. The first kappa shape index (κ1) is 15.2. The number of nitrogens with two attached hydrogens (primary N) is 1. The molecule has 0 saturated heterocycles. The lowest BCUT2D eigenvalue weighted by atomic mass is 10.2. The van der Waals surface area contributed by atoms with Crippen molar-refractivity contribution in [3.8, 4) is 11.3 Å². The third-order valence-corrected chi connectivity index (χ3v) is 5.01. The highest BCUT2D eigenvalue weighted by Gasteiger charge is 2.08. The Morgan fingerprint density at radius 2 is 1.90 bits per heavy atom. The number of aromatic nitrogens is 1. The van der Waals surface area contributed by atoms with Gasteiger partial charge >= 0.3 is 0 Å². The predicted octanol–water partition coefficient (Wildman–Crippen LogP) is 2.50. The lowest BCUT2D eigenvalue weighted by molar-refractivity contribution is 0.602. The van der Waals surface area contributed by atoms with Crippen molar-refractivity contribution in [2.24, 2.45) is 5.73 Å². The fraction of sp³-hybridized carbons (Fsp3) is 0.357. The molecule has 4 nitrogen and oxygen atoms in total. The van der Waals surface area contributed by atoms with Crippen molar-refractivity contribution in [1.82, 2.24) is 4.98 Å². The molecule has 1 aromatic carbocycles. The number of aryl methyl sites for hydroxylation is 1. The molecule has 0 amide bonds. The van der Waals surface area contributed by atoms with Crippen LogP contribution in [0, 0.1) is 0 Å². The maximum Gasteiger partial charge on any atom is 0.175 e. The first-order chi connectivity index (χ1) is 9.50. The van der Waals surface area contributed by atoms with Crippen molar-refractivity contribution in [3.63, 3.8) is 0 Å². The lowest BCUT2D eigenvalue weighted by Gasteiger charge is -2.00. The Kier molecular flexibility index (Phi) is 4.91. The summed E-state index contributed by atoms with van der Waals surface area (Å²) < 4.78 is 22.8. The average molecular weight is 310 g/mol. The van der Waals surface area contributed by atoms with Gasteiger partial charge in [-0.05, 0) is 37.9 Å². The molecule has 0 fully saturated rings. The highest BCUT2D eigenvalue weighted by atomic mass is 32.2. The van der Waals surface area contributed by atoms with E-state index in [0.717, 1.165) is 35.5 Å². The Balaban J connectivity index is 2.12. The fourth-order valence-corrected chi connectivity index (χ4v) is 3.33. The number of hydrogen-bond donors (Lipinski definition) is 1. The summed E-state index contributed by atoms with van der Waals surface area (Å²) in [5.74, 6) is 0. The van der Waals surface area contributed by atoms with Gasteiger partial charge in [0.1, 0.15) is 0 Å². The van der Waals surface area contributed by atoms with Gasteiger partial charge in [-0.2, -0.15) is 0 Å². The minimum absolute atomic E-state index is 0.333. The van der Waals surface area contributed by atoms with E-state index in [1.165, 1.54) is 6.26 Å². The largest absolute Gasteiger partial charge is 0.330 e. The molecule has 1 heterocycles.